The molecule has 0 amide bonds. The van der Waals surface area contributed by atoms with E-state index in [0.717, 1.165) is 11.1 Å². The number of hydrogen-bond donors (Lipinski definition) is 1. The molecule has 178 valence electrons. The SMILES string of the molecule is COC(=O)[C@H]1C[C@@](C(=O)OC)(c2ccccc2)NC1c1ccccc1OC.[C-]#[O+].[C-]#[O+].[C-]#[O+].[Cr]. The Bertz CT molecular complexity index is 946. The first kappa shape index (κ1) is 33.1. The quantitative estimate of drug-likeness (QED) is 0.377. The van der Waals surface area contributed by atoms with Gasteiger partial charge >= 0.3 is 45.8 Å². The first-order chi connectivity index (χ1) is 16.1. The predicted octanol–water partition coefficient (Wildman–Crippen LogP) is 2.47. The summed E-state index contributed by atoms with van der Waals surface area (Å²) >= 11 is 0. The van der Waals surface area contributed by atoms with Crippen LogP contribution < -0.4 is 10.1 Å². The van der Waals surface area contributed by atoms with Crippen LogP contribution in [0.5, 0.6) is 5.75 Å². The summed E-state index contributed by atoms with van der Waals surface area (Å²) in [5.41, 5.74) is 0.376. The first-order valence-electron chi connectivity index (χ1n) is 9.31. The number of methoxy groups -OCH3 is 3. The van der Waals surface area contributed by atoms with Crippen LogP contribution in [0.4, 0.5) is 0 Å². The van der Waals surface area contributed by atoms with E-state index >= 15 is 0 Å². The molecule has 0 spiro atoms. The fourth-order valence-corrected chi connectivity index (χ4v) is 3.82. The zero-order chi connectivity index (χ0) is 25.4. The minimum Gasteiger partial charge on any atom is 0 e. The van der Waals surface area contributed by atoms with Gasteiger partial charge in [-0.05, 0) is 18.1 Å². The van der Waals surface area contributed by atoms with Crippen molar-refractivity contribution in [3.8, 4) is 5.75 Å². The van der Waals surface area contributed by atoms with Crippen LogP contribution in [0.3, 0.4) is 0 Å². The fourth-order valence-electron chi connectivity index (χ4n) is 3.82. The van der Waals surface area contributed by atoms with E-state index in [1.807, 2.05) is 54.6 Å². The number of nitrogens with one attached hydrogen (secondary N) is 1. The van der Waals surface area contributed by atoms with Crippen molar-refractivity contribution in [1.82, 2.24) is 5.32 Å². The second-order valence-electron chi connectivity index (χ2n) is 6.46. The summed E-state index contributed by atoms with van der Waals surface area (Å²) in [4.78, 5) is 25.4. The van der Waals surface area contributed by atoms with Crippen LogP contribution in [0.15, 0.2) is 54.6 Å². The van der Waals surface area contributed by atoms with E-state index in [2.05, 4.69) is 25.3 Å². The summed E-state index contributed by atoms with van der Waals surface area (Å²) in [6.45, 7) is 13.5. The third-order valence-electron chi connectivity index (χ3n) is 5.11. The molecule has 0 saturated carbocycles. The molecule has 0 aliphatic carbocycles. The third-order valence-corrected chi connectivity index (χ3v) is 5.11. The van der Waals surface area contributed by atoms with E-state index in [-0.39, 0.29) is 29.8 Å². The van der Waals surface area contributed by atoms with Crippen LogP contribution in [-0.2, 0) is 55.9 Å². The summed E-state index contributed by atoms with van der Waals surface area (Å²) in [6, 6.07) is 16.2. The second kappa shape index (κ2) is 17.4. The number of rotatable bonds is 5. The van der Waals surface area contributed by atoms with Crippen molar-refractivity contribution >= 4 is 11.9 Å². The minimum atomic E-state index is -1.15. The Labute approximate surface area is 209 Å². The molecule has 3 atom stereocenters. The number of hydrogen-bond acceptors (Lipinski definition) is 6. The normalized spacial score (nSPS) is 19.4. The Hall–Kier alpha value is -3.11. The average molecular weight is 505 g/mol. The van der Waals surface area contributed by atoms with Gasteiger partial charge in [0.1, 0.15) is 11.3 Å². The maximum Gasteiger partial charge on any atom is 0 e. The van der Waals surface area contributed by atoms with Gasteiger partial charge in [0.15, 0.2) is 0 Å². The molecular weight excluding hydrogens is 482 g/mol. The number of carbonyl (C=O) groups excluding carboxylic acids is 2. The summed E-state index contributed by atoms with van der Waals surface area (Å²) in [5, 5.41) is 3.37. The summed E-state index contributed by atoms with van der Waals surface area (Å²) < 4.78 is 38.1. The van der Waals surface area contributed by atoms with Crippen molar-refractivity contribution in [1.29, 1.82) is 0 Å². The van der Waals surface area contributed by atoms with Gasteiger partial charge < -0.3 is 14.2 Å². The van der Waals surface area contributed by atoms with Gasteiger partial charge in [0.25, 0.3) is 0 Å². The van der Waals surface area contributed by atoms with Crippen LogP contribution in [0, 0.1) is 25.9 Å². The first-order valence-corrected chi connectivity index (χ1v) is 9.31. The number of para-hydroxylation sites is 1. The molecule has 1 heterocycles. The molecular formula is C24H23CrNO8. The number of carbonyl (C=O) groups is 2. The molecule has 1 aliphatic heterocycles. The average Bonchev–Trinajstić information content (AvgIpc) is 3.33. The van der Waals surface area contributed by atoms with Crippen molar-refractivity contribution in [3.63, 3.8) is 0 Å². The number of ether oxygens (including phenoxy) is 3. The van der Waals surface area contributed by atoms with Gasteiger partial charge in [0.2, 0.25) is 0 Å². The third kappa shape index (κ3) is 7.20. The van der Waals surface area contributed by atoms with Gasteiger partial charge in [0.05, 0.1) is 33.3 Å². The molecule has 34 heavy (non-hydrogen) atoms. The molecule has 0 aromatic heterocycles. The summed E-state index contributed by atoms with van der Waals surface area (Å²) in [5.74, 6) is -0.775. The van der Waals surface area contributed by atoms with Gasteiger partial charge in [-0.2, -0.15) is 0 Å². The van der Waals surface area contributed by atoms with Crippen molar-refractivity contribution in [2.45, 2.75) is 18.0 Å². The molecule has 0 bridgehead atoms. The Morgan fingerprint density at radius 2 is 1.41 bits per heavy atom. The Kier molecular flexibility index (Phi) is 16.9. The molecule has 0 radical (unpaired) electrons. The molecule has 1 unspecified atom stereocenters. The molecule has 1 N–H and O–H groups in total. The van der Waals surface area contributed by atoms with Crippen molar-refractivity contribution in [2.24, 2.45) is 5.92 Å². The molecule has 10 heteroatoms. The van der Waals surface area contributed by atoms with Gasteiger partial charge in [-0.15, -0.1) is 0 Å². The second-order valence-corrected chi connectivity index (χ2v) is 6.46. The van der Waals surface area contributed by atoms with E-state index in [1.165, 1.54) is 14.2 Å². The van der Waals surface area contributed by atoms with Crippen LogP contribution in [0.25, 0.3) is 0 Å². The molecule has 2 aromatic rings. The topological polar surface area (TPSA) is 134 Å². The molecule has 1 saturated heterocycles. The van der Waals surface area contributed by atoms with E-state index in [9.17, 15) is 9.59 Å². The summed E-state index contributed by atoms with van der Waals surface area (Å²) in [6.07, 6.45) is 0.221. The molecule has 2 aromatic carbocycles. The van der Waals surface area contributed by atoms with Gasteiger partial charge in [-0.1, -0.05) is 48.5 Å². The molecule has 1 fully saturated rings. The van der Waals surface area contributed by atoms with Gasteiger partial charge in [-0.25, -0.2) is 4.79 Å². The van der Waals surface area contributed by atoms with E-state index < -0.39 is 23.5 Å². The molecule has 1 aliphatic rings. The van der Waals surface area contributed by atoms with Gasteiger partial charge in [0, 0.05) is 22.9 Å². The standard InChI is InChI=1S/C21H23NO5.3CO.Cr/c1-25-17-12-8-7-11-15(17)18-16(19(23)26-2)13-21(22-18,20(24)27-3)14-9-5-4-6-10-14;3*1-2;/h4-12,16,18,22H,13H2,1-3H3;;;;/t16-,18?,21-;;;;/m0..../s1. The Morgan fingerprint density at radius 1 is 0.882 bits per heavy atom. The van der Waals surface area contributed by atoms with E-state index in [1.54, 1.807) is 7.11 Å². The molecule has 3 rings (SSSR count). The molecule has 9 nitrogen and oxygen atoms in total. The van der Waals surface area contributed by atoms with E-state index in [4.69, 9.17) is 28.2 Å². The smallest absolute Gasteiger partial charge is 0 e. The van der Waals surface area contributed by atoms with E-state index in [0.29, 0.717) is 5.75 Å². The Morgan fingerprint density at radius 3 is 1.91 bits per heavy atom. The van der Waals surface area contributed by atoms with Crippen molar-refractivity contribution in [3.05, 3.63) is 85.7 Å². The van der Waals surface area contributed by atoms with Crippen LogP contribution in [-0.4, -0.2) is 33.3 Å². The number of esters is 2. The minimum absolute atomic E-state index is 0. The summed E-state index contributed by atoms with van der Waals surface area (Å²) in [7, 11) is 4.27. The van der Waals surface area contributed by atoms with Crippen LogP contribution in [0.1, 0.15) is 23.6 Å². The zero-order valence-electron chi connectivity index (χ0n) is 18.7. The maximum atomic E-state index is 12.9. The fraction of sp³-hybridized carbons (Fsp3) is 0.292. The van der Waals surface area contributed by atoms with Crippen molar-refractivity contribution < 1.29 is 55.1 Å². The van der Waals surface area contributed by atoms with Crippen molar-refractivity contribution in [2.75, 3.05) is 21.3 Å². The maximum absolute atomic E-state index is 12.9. The predicted molar refractivity (Wildman–Crippen MR) is 111 cm³/mol. The zero-order valence-corrected chi connectivity index (χ0v) is 20.0. The van der Waals surface area contributed by atoms with Gasteiger partial charge in [-0.3, -0.25) is 10.1 Å². The largest absolute Gasteiger partial charge is 0 e. The van der Waals surface area contributed by atoms with Crippen LogP contribution >= 0.6 is 0 Å². The monoisotopic (exact) mass is 505 g/mol. The Balaban J connectivity index is 0. The van der Waals surface area contributed by atoms with Crippen LogP contribution in [0.2, 0.25) is 0 Å². The number of benzene rings is 2.